The molecule has 4 aromatic rings. The molecule has 1 fully saturated rings. The van der Waals surface area contributed by atoms with Crippen molar-refractivity contribution in [3.63, 3.8) is 0 Å². The van der Waals surface area contributed by atoms with Crippen LogP contribution in [0.15, 0.2) is 78.9 Å². The van der Waals surface area contributed by atoms with Crippen LogP contribution >= 0.6 is 23.4 Å². The smallest absolute Gasteiger partial charge is 0.303 e. The monoisotopic (exact) mass is 644 g/mol. The molecule has 1 aliphatic rings. The van der Waals surface area contributed by atoms with Crippen LogP contribution < -0.4 is 5.73 Å². The Hall–Kier alpha value is -3.16. The number of carbonyl (C=O) groups is 1. The normalized spacial score (nSPS) is 14.8. The Labute approximate surface area is 276 Å². The van der Waals surface area contributed by atoms with Gasteiger partial charge in [-0.15, -0.1) is 0 Å². The van der Waals surface area contributed by atoms with Crippen molar-refractivity contribution < 1.29 is 15.0 Å². The zero-order chi connectivity index (χ0) is 32.6. The SMILES string of the molecule is CC(C)(O)c1ccccc1CCCS[C@@H](c1cccc(C=Cc2ccc3ccc(Cl)cc3n2)c1)C1(CC(=O)O)CC1.CC(C)N. The van der Waals surface area contributed by atoms with Crippen LogP contribution in [0.1, 0.15) is 86.6 Å². The first-order chi connectivity index (χ1) is 21.4. The third-order valence-electron chi connectivity index (χ3n) is 7.84. The van der Waals surface area contributed by atoms with Crippen molar-refractivity contribution in [2.24, 2.45) is 11.1 Å². The van der Waals surface area contributed by atoms with Gasteiger partial charge < -0.3 is 15.9 Å². The molecule has 1 atom stereocenters. The number of aliphatic carboxylic acids is 1. The van der Waals surface area contributed by atoms with Gasteiger partial charge in [0.25, 0.3) is 0 Å². The minimum atomic E-state index is -0.880. The van der Waals surface area contributed by atoms with Crippen molar-refractivity contribution in [1.82, 2.24) is 4.98 Å². The lowest BCUT2D eigenvalue weighted by Crippen LogP contribution is -2.18. The largest absolute Gasteiger partial charge is 0.481 e. The van der Waals surface area contributed by atoms with E-state index in [-0.39, 0.29) is 17.1 Å². The quantitative estimate of drug-likeness (QED) is 0.133. The topological polar surface area (TPSA) is 96.4 Å². The van der Waals surface area contributed by atoms with Gasteiger partial charge in [0.15, 0.2) is 0 Å². The third-order valence-corrected chi connectivity index (χ3v) is 9.70. The molecule has 1 heterocycles. The van der Waals surface area contributed by atoms with E-state index in [2.05, 4.69) is 36.4 Å². The predicted molar refractivity (Wildman–Crippen MR) is 191 cm³/mol. The third kappa shape index (κ3) is 10.2. The molecule has 1 aliphatic carbocycles. The van der Waals surface area contributed by atoms with Gasteiger partial charge in [0.05, 0.1) is 23.2 Å². The maximum atomic E-state index is 11.8. The number of fused-ring (bicyclic) bond motifs is 1. The Balaban J connectivity index is 0.00000109. The first-order valence-electron chi connectivity index (χ1n) is 15.6. The van der Waals surface area contributed by atoms with Crippen molar-refractivity contribution in [2.45, 2.75) is 76.7 Å². The van der Waals surface area contributed by atoms with Gasteiger partial charge in [-0.3, -0.25) is 4.79 Å². The molecule has 5 nitrogen and oxygen atoms in total. The second kappa shape index (κ2) is 15.4. The van der Waals surface area contributed by atoms with Crippen LogP contribution in [0.4, 0.5) is 0 Å². The molecule has 3 aromatic carbocycles. The zero-order valence-corrected chi connectivity index (χ0v) is 28.2. The Morgan fingerprint density at radius 3 is 2.44 bits per heavy atom. The number of nitrogens with two attached hydrogens (primary N) is 1. The summed E-state index contributed by atoms with van der Waals surface area (Å²) in [6.07, 6.45) is 7.95. The van der Waals surface area contributed by atoms with Crippen LogP contribution in [0.25, 0.3) is 23.1 Å². The highest BCUT2D eigenvalue weighted by Gasteiger charge is 2.51. The maximum absolute atomic E-state index is 11.8. The number of benzene rings is 3. The Kier molecular flexibility index (Phi) is 11.9. The first kappa shape index (κ1) is 34.7. The highest BCUT2D eigenvalue weighted by Crippen LogP contribution is 2.62. The zero-order valence-electron chi connectivity index (χ0n) is 26.7. The molecule has 1 saturated carbocycles. The second-order valence-electron chi connectivity index (χ2n) is 12.8. The van der Waals surface area contributed by atoms with Gasteiger partial charge in [-0.2, -0.15) is 11.8 Å². The Bertz CT molecular complexity index is 1620. The molecular weight excluding hydrogens is 600 g/mol. The molecule has 0 unspecified atom stereocenters. The molecule has 0 spiro atoms. The molecular formula is C38H45ClN2O3S. The molecule has 238 valence electrons. The van der Waals surface area contributed by atoms with E-state index in [4.69, 9.17) is 22.3 Å². The number of carboxylic acids is 1. The number of carboxylic acid groups (broad SMARTS) is 1. The van der Waals surface area contributed by atoms with E-state index in [1.165, 1.54) is 11.1 Å². The summed E-state index contributed by atoms with van der Waals surface area (Å²) >= 11 is 8.03. The summed E-state index contributed by atoms with van der Waals surface area (Å²) in [6, 6.07) is 26.6. The molecule has 4 N–H and O–H groups in total. The minimum absolute atomic E-state index is 0.109. The van der Waals surface area contributed by atoms with Crippen molar-refractivity contribution >= 4 is 52.4 Å². The van der Waals surface area contributed by atoms with Gasteiger partial charge in [0.1, 0.15) is 0 Å². The van der Waals surface area contributed by atoms with Crippen molar-refractivity contribution in [2.75, 3.05) is 5.75 Å². The summed E-state index contributed by atoms with van der Waals surface area (Å²) in [5.41, 5.74) is 10.1. The van der Waals surface area contributed by atoms with E-state index in [0.717, 1.165) is 59.2 Å². The maximum Gasteiger partial charge on any atom is 0.303 e. The number of aryl methyl sites for hydroxylation is 1. The number of aliphatic hydroxyl groups is 1. The van der Waals surface area contributed by atoms with Crippen LogP contribution in [0.2, 0.25) is 5.02 Å². The number of rotatable bonds is 12. The fourth-order valence-electron chi connectivity index (χ4n) is 5.63. The van der Waals surface area contributed by atoms with Crippen LogP contribution in [-0.4, -0.2) is 33.0 Å². The molecule has 1 aromatic heterocycles. The molecule has 0 bridgehead atoms. The summed E-state index contributed by atoms with van der Waals surface area (Å²) in [5, 5.41) is 22.1. The number of halogens is 1. The molecule has 45 heavy (non-hydrogen) atoms. The molecule has 0 saturated heterocycles. The Morgan fingerprint density at radius 1 is 1.04 bits per heavy atom. The summed E-state index contributed by atoms with van der Waals surface area (Å²) < 4.78 is 0. The fourth-order valence-corrected chi connectivity index (χ4v) is 7.35. The molecule has 5 rings (SSSR count). The van der Waals surface area contributed by atoms with E-state index in [1.54, 1.807) is 0 Å². The van der Waals surface area contributed by atoms with E-state index < -0.39 is 11.6 Å². The molecule has 0 aliphatic heterocycles. The molecule has 0 amide bonds. The van der Waals surface area contributed by atoms with Gasteiger partial charge in [-0.25, -0.2) is 4.98 Å². The summed E-state index contributed by atoms with van der Waals surface area (Å²) in [7, 11) is 0. The van der Waals surface area contributed by atoms with Crippen molar-refractivity contribution in [3.05, 3.63) is 112 Å². The summed E-state index contributed by atoms with van der Waals surface area (Å²) in [6.45, 7) is 7.54. The van der Waals surface area contributed by atoms with Gasteiger partial charge >= 0.3 is 5.97 Å². The molecule has 7 heteroatoms. The number of pyridine rings is 1. The number of aromatic nitrogens is 1. The summed E-state index contributed by atoms with van der Waals surface area (Å²) in [5.74, 6) is 0.182. The lowest BCUT2D eigenvalue weighted by atomic mass is 9.91. The highest BCUT2D eigenvalue weighted by molar-refractivity contribution is 7.99. The van der Waals surface area contributed by atoms with Crippen LogP contribution in [-0.2, 0) is 16.8 Å². The van der Waals surface area contributed by atoms with Crippen LogP contribution in [0.3, 0.4) is 0 Å². The van der Waals surface area contributed by atoms with Gasteiger partial charge in [-0.05, 0) is 103 Å². The van der Waals surface area contributed by atoms with E-state index in [9.17, 15) is 15.0 Å². The van der Waals surface area contributed by atoms with Gasteiger partial charge in [0, 0.05) is 15.7 Å². The van der Waals surface area contributed by atoms with Gasteiger partial charge in [0.2, 0.25) is 0 Å². The second-order valence-corrected chi connectivity index (χ2v) is 14.5. The lowest BCUT2D eigenvalue weighted by Gasteiger charge is -2.27. The van der Waals surface area contributed by atoms with Crippen LogP contribution in [0.5, 0.6) is 0 Å². The number of hydrogen-bond donors (Lipinski definition) is 3. The summed E-state index contributed by atoms with van der Waals surface area (Å²) in [4.78, 5) is 16.5. The minimum Gasteiger partial charge on any atom is -0.481 e. The lowest BCUT2D eigenvalue weighted by molar-refractivity contribution is -0.138. The number of hydrogen-bond acceptors (Lipinski definition) is 5. The fraction of sp³-hybridized carbons (Fsp3) is 0.368. The van der Waals surface area contributed by atoms with E-state index in [0.29, 0.717) is 11.1 Å². The number of nitrogens with zero attached hydrogens (tertiary/aromatic N) is 1. The van der Waals surface area contributed by atoms with E-state index in [1.807, 2.05) is 94.1 Å². The standard InChI is InChI=1S/C35H36ClNO3S.C3H9N/c1-34(2,40)30-11-4-3-8-25(30)10-6-20-41-33(35(18-19-35)23-32(38)39)27-9-5-7-24(21-27)12-16-29-17-14-26-13-15-28(36)22-31(26)37-29;1-3(2)4/h3-5,7-9,11-17,21-22,33,40H,6,10,18-20,23H2,1-2H3,(H,38,39);3H,4H2,1-2H3/t33-;/m0./s1. The average molecular weight is 645 g/mol. The predicted octanol–water partition coefficient (Wildman–Crippen LogP) is 9.30. The van der Waals surface area contributed by atoms with E-state index >= 15 is 0 Å². The van der Waals surface area contributed by atoms with Crippen LogP contribution in [0, 0.1) is 5.41 Å². The molecule has 0 radical (unpaired) electrons. The number of thioether (sulfide) groups is 1. The average Bonchev–Trinajstić information content (AvgIpc) is 3.74. The highest BCUT2D eigenvalue weighted by atomic mass is 35.5. The van der Waals surface area contributed by atoms with Gasteiger partial charge in [-0.1, -0.05) is 92.2 Å². The Morgan fingerprint density at radius 2 is 1.76 bits per heavy atom. The van der Waals surface area contributed by atoms with Crippen molar-refractivity contribution in [3.8, 4) is 0 Å². The first-order valence-corrected chi connectivity index (χ1v) is 17.0. The van der Waals surface area contributed by atoms with Crippen molar-refractivity contribution in [1.29, 1.82) is 0 Å².